The van der Waals surface area contributed by atoms with Gasteiger partial charge in [0.05, 0.1) is 6.10 Å². The molecule has 0 aromatic heterocycles. The summed E-state index contributed by atoms with van der Waals surface area (Å²) in [7, 11) is 0. The zero-order chi connectivity index (χ0) is 13.8. The van der Waals surface area contributed by atoms with Crippen molar-refractivity contribution >= 4 is 0 Å². The summed E-state index contributed by atoms with van der Waals surface area (Å²) in [6, 6.07) is 15.6. The molecule has 100 valence electrons. The normalized spacial score (nSPS) is 12.5. The minimum Gasteiger partial charge on any atom is -0.491 e. The Balaban J connectivity index is 2.35. The van der Waals surface area contributed by atoms with E-state index in [-0.39, 0.29) is 6.10 Å². The molecular weight excluding hydrogens is 236 g/mol. The minimum absolute atomic E-state index is 0.0888. The SMILES string of the molecule is Cc1cccc(C(O)c2ccccc2OC(C)C)c1. The van der Waals surface area contributed by atoms with Gasteiger partial charge < -0.3 is 9.84 Å². The Hall–Kier alpha value is -1.80. The lowest BCUT2D eigenvalue weighted by atomic mass is 9.99. The molecule has 2 nitrogen and oxygen atoms in total. The summed E-state index contributed by atoms with van der Waals surface area (Å²) in [6.45, 7) is 5.98. The summed E-state index contributed by atoms with van der Waals surface area (Å²) >= 11 is 0. The topological polar surface area (TPSA) is 29.5 Å². The largest absolute Gasteiger partial charge is 0.491 e. The van der Waals surface area contributed by atoms with Gasteiger partial charge in [-0.3, -0.25) is 0 Å². The van der Waals surface area contributed by atoms with Gasteiger partial charge in [0.25, 0.3) is 0 Å². The molecule has 2 heteroatoms. The molecule has 0 saturated heterocycles. The van der Waals surface area contributed by atoms with Crippen LogP contribution in [0.25, 0.3) is 0 Å². The quantitative estimate of drug-likeness (QED) is 0.900. The average Bonchev–Trinajstić information content (AvgIpc) is 2.38. The molecule has 1 atom stereocenters. The van der Waals surface area contributed by atoms with E-state index in [0.717, 1.165) is 22.4 Å². The number of para-hydroxylation sites is 1. The highest BCUT2D eigenvalue weighted by Crippen LogP contribution is 2.30. The molecule has 19 heavy (non-hydrogen) atoms. The van der Waals surface area contributed by atoms with Gasteiger partial charge in [-0.05, 0) is 32.4 Å². The van der Waals surface area contributed by atoms with Crippen molar-refractivity contribution in [3.8, 4) is 5.75 Å². The van der Waals surface area contributed by atoms with E-state index < -0.39 is 6.10 Å². The Morgan fingerprint density at radius 1 is 1.00 bits per heavy atom. The van der Waals surface area contributed by atoms with Gasteiger partial charge in [0.2, 0.25) is 0 Å². The highest BCUT2D eigenvalue weighted by Gasteiger charge is 2.15. The van der Waals surface area contributed by atoms with Crippen LogP contribution in [0.1, 0.15) is 36.6 Å². The predicted octanol–water partition coefficient (Wildman–Crippen LogP) is 3.86. The number of hydrogen-bond acceptors (Lipinski definition) is 2. The molecule has 0 aliphatic carbocycles. The number of ether oxygens (including phenoxy) is 1. The Bertz CT molecular complexity index is 546. The van der Waals surface area contributed by atoms with E-state index in [1.54, 1.807) is 0 Å². The van der Waals surface area contributed by atoms with Crippen molar-refractivity contribution < 1.29 is 9.84 Å². The van der Waals surface area contributed by atoms with Crippen molar-refractivity contribution in [1.82, 2.24) is 0 Å². The van der Waals surface area contributed by atoms with Gasteiger partial charge in [-0.25, -0.2) is 0 Å². The summed E-state index contributed by atoms with van der Waals surface area (Å²) in [5, 5.41) is 10.5. The fourth-order valence-corrected chi connectivity index (χ4v) is 2.09. The van der Waals surface area contributed by atoms with Crippen LogP contribution in [0.15, 0.2) is 48.5 Å². The molecule has 0 spiro atoms. The third kappa shape index (κ3) is 3.36. The highest BCUT2D eigenvalue weighted by atomic mass is 16.5. The van der Waals surface area contributed by atoms with Gasteiger partial charge >= 0.3 is 0 Å². The Morgan fingerprint density at radius 2 is 1.74 bits per heavy atom. The molecule has 0 aliphatic heterocycles. The standard InChI is InChI=1S/C17H20O2/c1-12(2)19-16-10-5-4-9-15(16)17(18)14-8-6-7-13(3)11-14/h4-12,17-18H,1-3H3. The van der Waals surface area contributed by atoms with Crippen molar-refractivity contribution in [1.29, 1.82) is 0 Å². The molecule has 2 aromatic carbocycles. The molecule has 2 rings (SSSR count). The Kier molecular flexibility index (Phi) is 4.23. The monoisotopic (exact) mass is 256 g/mol. The van der Waals surface area contributed by atoms with Gasteiger partial charge in [-0.2, -0.15) is 0 Å². The number of aryl methyl sites for hydroxylation is 1. The third-order valence-corrected chi connectivity index (χ3v) is 2.93. The first-order chi connectivity index (χ1) is 9.08. The van der Waals surface area contributed by atoms with Crippen molar-refractivity contribution in [2.45, 2.75) is 33.0 Å². The first kappa shape index (κ1) is 13.6. The van der Waals surface area contributed by atoms with Crippen molar-refractivity contribution in [2.75, 3.05) is 0 Å². The summed E-state index contributed by atoms with van der Waals surface area (Å²) in [6.07, 6.45) is -0.569. The number of hydrogen-bond donors (Lipinski definition) is 1. The van der Waals surface area contributed by atoms with Crippen LogP contribution < -0.4 is 4.74 Å². The van der Waals surface area contributed by atoms with Crippen LogP contribution in [0.3, 0.4) is 0 Å². The van der Waals surface area contributed by atoms with Gasteiger partial charge in [0, 0.05) is 5.56 Å². The number of rotatable bonds is 4. The Labute approximate surface area is 114 Å². The molecular formula is C17H20O2. The molecule has 0 aliphatic rings. The number of aliphatic hydroxyl groups is 1. The highest BCUT2D eigenvalue weighted by molar-refractivity contribution is 5.41. The molecule has 0 radical (unpaired) electrons. The molecule has 0 saturated carbocycles. The van der Waals surface area contributed by atoms with E-state index >= 15 is 0 Å². The second-order valence-corrected chi connectivity index (χ2v) is 5.02. The van der Waals surface area contributed by atoms with E-state index in [1.165, 1.54) is 0 Å². The number of aliphatic hydroxyl groups excluding tert-OH is 1. The van der Waals surface area contributed by atoms with Gasteiger partial charge in [-0.15, -0.1) is 0 Å². The molecule has 1 N–H and O–H groups in total. The van der Waals surface area contributed by atoms with Crippen molar-refractivity contribution in [2.24, 2.45) is 0 Å². The van der Waals surface area contributed by atoms with E-state index in [0.29, 0.717) is 0 Å². The van der Waals surface area contributed by atoms with Crippen LogP contribution in [0.5, 0.6) is 5.75 Å². The first-order valence-corrected chi connectivity index (χ1v) is 6.58. The lowest BCUT2D eigenvalue weighted by Gasteiger charge is -2.18. The lowest BCUT2D eigenvalue weighted by Crippen LogP contribution is -2.10. The molecule has 0 heterocycles. The maximum Gasteiger partial charge on any atom is 0.125 e. The van der Waals surface area contributed by atoms with Crippen molar-refractivity contribution in [3.05, 3.63) is 65.2 Å². The summed E-state index contributed by atoms with van der Waals surface area (Å²) in [5.41, 5.74) is 2.83. The van der Waals surface area contributed by atoms with Gasteiger partial charge in [0.1, 0.15) is 11.9 Å². The van der Waals surface area contributed by atoms with E-state index in [9.17, 15) is 5.11 Å². The van der Waals surface area contributed by atoms with Crippen LogP contribution in [0.4, 0.5) is 0 Å². The van der Waals surface area contributed by atoms with E-state index in [1.807, 2.05) is 69.3 Å². The van der Waals surface area contributed by atoms with E-state index in [2.05, 4.69) is 0 Å². The van der Waals surface area contributed by atoms with Crippen LogP contribution >= 0.6 is 0 Å². The average molecular weight is 256 g/mol. The predicted molar refractivity (Wildman–Crippen MR) is 77.4 cm³/mol. The fraction of sp³-hybridized carbons (Fsp3) is 0.294. The van der Waals surface area contributed by atoms with E-state index in [4.69, 9.17) is 4.74 Å². The molecule has 2 aromatic rings. The van der Waals surface area contributed by atoms with Crippen LogP contribution in [0, 0.1) is 6.92 Å². The second kappa shape index (κ2) is 5.89. The van der Waals surface area contributed by atoms with Crippen molar-refractivity contribution in [3.63, 3.8) is 0 Å². The zero-order valence-electron chi connectivity index (χ0n) is 11.6. The fourth-order valence-electron chi connectivity index (χ4n) is 2.09. The first-order valence-electron chi connectivity index (χ1n) is 6.58. The van der Waals surface area contributed by atoms with Crippen LogP contribution in [0.2, 0.25) is 0 Å². The smallest absolute Gasteiger partial charge is 0.125 e. The van der Waals surface area contributed by atoms with Gasteiger partial charge in [0.15, 0.2) is 0 Å². The minimum atomic E-state index is -0.658. The zero-order valence-corrected chi connectivity index (χ0v) is 11.6. The second-order valence-electron chi connectivity index (χ2n) is 5.02. The summed E-state index contributed by atoms with van der Waals surface area (Å²) in [4.78, 5) is 0. The summed E-state index contributed by atoms with van der Waals surface area (Å²) in [5.74, 6) is 0.742. The molecule has 0 amide bonds. The lowest BCUT2D eigenvalue weighted by molar-refractivity contribution is 0.198. The maximum atomic E-state index is 10.5. The molecule has 0 fully saturated rings. The maximum absolute atomic E-state index is 10.5. The third-order valence-electron chi connectivity index (χ3n) is 2.93. The van der Waals surface area contributed by atoms with Crippen LogP contribution in [-0.4, -0.2) is 11.2 Å². The van der Waals surface area contributed by atoms with Gasteiger partial charge in [-0.1, -0.05) is 48.0 Å². The molecule has 0 bridgehead atoms. The Morgan fingerprint density at radius 3 is 2.42 bits per heavy atom. The summed E-state index contributed by atoms with van der Waals surface area (Å²) < 4.78 is 5.76. The number of benzene rings is 2. The van der Waals surface area contributed by atoms with Crippen LogP contribution in [-0.2, 0) is 0 Å². The molecule has 1 unspecified atom stereocenters.